The molecule has 4 heteroatoms. The maximum Gasteiger partial charge on any atom is 0.270 e. The third-order valence-electron chi connectivity index (χ3n) is 6.51. The molecule has 1 fully saturated rings. The summed E-state index contributed by atoms with van der Waals surface area (Å²) in [5.74, 6) is 1.57. The van der Waals surface area contributed by atoms with Gasteiger partial charge in [0.1, 0.15) is 11.4 Å². The van der Waals surface area contributed by atoms with E-state index in [1.165, 1.54) is 5.56 Å². The minimum absolute atomic E-state index is 0.0629. The third kappa shape index (κ3) is 2.97. The van der Waals surface area contributed by atoms with Crippen molar-refractivity contribution in [1.82, 2.24) is 9.88 Å². The van der Waals surface area contributed by atoms with E-state index in [1.54, 1.807) is 7.11 Å². The van der Waals surface area contributed by atoms with Gasteiger partial charge in [-0.25, -0.2) is 0 Å². The van der Waals surface area contributed by atoms with Gasteiger partial charge in [0.2, 0.25) is 0 Å². The molecule has 2 aromatic carbocycles. The number of nitrogens with zero attached hydrogens (tertiary/aromatic N) is 1. The summed E-state index contributed by atoms with van der Waals surface area (Å²) < 4.78 is 5.46. The molecule has 2 atom stereocenters. The number of benzene rings is 2. The number of hydrogen-bond donors (Lipinski definition) is 1. The van der Waals surface area contributed by atoms with Crippen molar-refractivity contribution in [1.29, 1.82) is 0 Å². The number of H-pyrrole nitrogens is 1. The van der Waals surface area contributed by atoms with Gasteiger partial charge in [-0.05, 0) is 43.0 Å². The Hall–Kier alpha value is -2.75. The molecule has 28 heavy (non-hydrogen) atoms. The second kappa shape index (κ2) is 7.01. The van der Waals surface area contributed by atoms with Crippen LogP contribution in [0.3, 0.4) is 0 Å². The second-order valence-corrected chi connectivity index (χ2v) is 8.34. The van der Waals surface area contributed by atoms with Gasteiger partial charge in [-0.15, -0.1) is 0 Å². The number of nitrogens with one attached hydrogen (secondary N) is 1. The van der Waals surface area contributed by atoms with Crippen LogP contribution >= 0.6 is 0 Å². The first-order valence-corrected chi connectivity index (χ1v) is 9.96. The van der Waals surface area contributed by atoms with E-state index in [1.807, 2.05) is 30.3 Å². The van der Waals surface area contributed by atoms with E-state index in [0.29, 0.717) is 17.5 Å². The lowest BCUT2D eigenvalue weighted by Gasteiger charge is -2.38. The molecule has 0 spiro atoms. The fourth-order valence-corrected chi connectivity index (χ4v) is 4.48. The van der Waals surface area contributed by atoms with Crippen LogP contribution in [0.4, 0.5) is 0 Å². The Balaban J connectivity index is 1.70. The molecule has 1 aliphatic rings. The van der Waals surface area contributed by atoms with Crippen molar-refractivity contribution in [2.45, 2.75) is 38.6 Å². The molecule has 4 rings (SSSR count). The number of methoxy groups -OCH3 is 1. The van der Waals surface area contributed by atoms with E-state index in [2.05, 4.69) is 54.9 Å². The molecule has 0 bridgehead atoms. The summed E-state index contributed by atoms with van der Waals surface area (Å²) in [5.41, 5.74) is 2.68. The van der Waals surface area contributed by atoms with E-state index >= 15 is 0 Å². The summed E-state index contributed by atoms with van der Waals surface area (Å²) in [6.07, 6.45) is 0.976. The first-order chi connectivity index (χ1) is 13.4. The number of amides is 1. The Morgan fingerprint density at radius 3 is 2.61 bits per heavy atom. The summed E-state index contributed by atoms with van der Waals surface area (Å²) in [7, 11) is 1.66. The van der Waals surface area contributed by atoms with Gasteiger partial charge in [0.15, 0.2) is 0 Å². The molecule has 1 saturated heterocycles. The number of rotatable bonds is 4. The van der Waals surface area contributed by atoms with Gasteiger partial charge < -0.3 is 14.6 Å². The molecule has 2 heterocycles. The van der Waals surface area contributed by atoms with Gasteiger partial charge in [-0.3, -0.25) is 4.79 Å². The first-order valence-electron chi connectivity index (χ1n) is 9.96. The fraction of sp³-hybridized carbons (Fsp3) is 0.375. The molecule has 1 aromatic heterocycles. The fourth-order valence-electron chi connectivity index (χ4n) is 4.48. The number of ether oxygens (including phenoxy) is 1. The van der Waals surface area contributed by atoms with Crippen LogP contribution < -0.4 is 4.74 Å². The minimum atomic E-state index is -0.182. The van der Waals surface area contributed by atoms with E-state index in [0.717, 1.165) is 29.6 Å². The largest absolute Gasteiger partial charge is 0.496 e. The van der Waals surface area contributed by atoms with Crippen LogP contribution in [0.25, 0.3) is 10.9 Å². The first kappa shape index (κ1) is 18.6. The zero-order valence-corrected chi connectivity index (χ0v) is 17.0. The van der Waals surface area contributed by atoms with Crippen LogP contribution in [-0.4, -0.2) is 35.0 Å². The molecule has 146 valence electrons. The van der Waals surface area contributed by atoms with Crippen LogP contribution in [0.5, 0.6) is 5.75 Å². The molecular weight excluding hydrogens is 348 g/mol. The molecule has 3 aromatic rings. The number of carbonyl (C=O) groups is 1. The number of aromatic nitrogens is 1. The van der Waals surface area contributed by atoms with E-state index in [-0.39, 0.29) is 11.4 Å². The smallest absolute Gasteiger partial charge is 0.270 e. The van der Waals surface area contributed by atoms with Gasteiger partial charge in [0.25, 0.3) is 5.91 Å². The average Bonchev–Trinajstić information content (AvgIpc) is 3.30. The van der Waals surface area contributed by atoms with E-state index in [4.69, 9.17) is 4.74 Å². The molecule has 0 saturated carbocycles. The summed E-state index contributed by atoms with van der Waals surface area (Å²) in [4.78, 5) is 18.9. The zero-order chi connectivity index (χ0) is 19.9. The molecule has 1 amide bonds. The van der Waals surface area contributed by atoms with Crippen LogP contribution in [0, 0.1) is 5.92 Å². The van der Waals surface area contributed by atoms with Crippen molar-refractivity contribution in [2.75, 3.05) is 13.7 Å². The highest BCUT2D eigenvalue weighted by molar-refractivity contribution is 6.00. The highest BCUT2D eigenvalue weighted by Gasteiger charge is 2.47. The lowest BCUT2D eigenvalue weighted by atomic mass is 9.82. The summed E-state index contributed by atoms with van der Waals surface area (Å²) >= 11 is 0. The summed E-state index contributed by atoms with van der Waals surface area (Å²) in [6.45, 7) is 7.38. The van der Waals surface area contributed by atoms with Crippen LogP contribution in [-0.2, 0) is 0 Å². The van der Waals surface area contributed by atoms with Crippen molar-refractivity contribution >= 4 is 16.8 Å². The third-order valence-corrected chi connectivity index (χ3v) is 6.51. The normalized spacial score (nSPS) is 22.2. The molecule has 1 N–H and O–H groups in total. The number of likely N-dealkylation sites (tertiary alicyclic amines) is 1. The molecule has 1 aliphatic heterocycles. The summed E-state index contributed by atoms with van der Waals surface area (Å²) in [5, 5.41) is 0.943. The lowest BCUT2D eigenvalue weighted by molar-refractivity contribution is 0.0524. The predicted molar refractivity (Wildman–Crippen MR) is 113 cm³/mol. The van der Waals surface area contributed by atoms with Gasteiger partial charge in [0.05, 0.1) is 7.11 Å². The quantitative estimate of drug-likeness (QED) is 0.678. The summed E-state index contributed by atoms with van der Waals surface area (Å²) in [6, 6.07) is 18.3. The van der Waals surface area contributed by atoms with Gasteiger partial charge in [0, 0.05) is 28.9 Å². The van der Waals surface area contributed by atoms with Gasteiger partial charge >= 0.3 is 0 Å². The Kier molecular flexibility index (Phi) is 4.66. The Morgan fingerprint density at radius 2 is 1.93 bits per heavy atom. The van der Waals surface area contributed by atoms with Crippen LogP contribution in [0.2, 0.25) is 0 Å². The predicted octanol–water partition coefficient (Wildman–Crippen LogP) is 5.22. The molecule has 0 aliphatic carbocycles. The molecular formula is C24H28N2O2. The number of fused-ring (bicyclic) bond motifs is 1. The number of aromatic amines is 1. The topological polar surface area (TPSA) is 45.3 Å². The van der Waals surface area contributed by atoms with Gasteiger partial charge in [-0.1, -0.05) is 50.2 Å². The van der Waals surface area contributed by atoms with Crippen LogP contribution in [0.15, 0.2) is 54.6 Å². The van der Waals surface area contributed by atoms with E-state index in [9.17, 15) is 4.79 Å². The van der Waals surface area contributed by atoms with Crippen molar-refractivity contribution in [3.8, 4) is 5.75 Å². The van der Waals surface area contributed by atoms with Crippen molar-refractivity contribution in [2.24, 2.45) is 5.92 Å². The molecule has 0 radical (unpaired) electrons. The standard InChI is InChI=1S/C24H28N2O2/c1-16(2)24(3)14-18(17-9-6-5-7-10-17)15-26(24)23(27)21-13-19-20(25-21)11-8-12-22(19)28-4/h5-13,16,18,25H,14-15H2,1-4H3. The highest BCUT2D eigenvalue weighted by Crippen LogP contribution is 2.44. The average molecular weight is 377 g/mol. The van der Waals surface area contributed by atoms with Crippen molar-refractivity contribution in [3.05, 3.63) is 65.9 Å². The molecule has 4 nitrogen and oxygen atoms in total. The second-order valence-electron chi connectivity index (χ2n) is 8.34. The number of carbonyl (C=O) groups excluding carboxylic acids is 1. The Bertz CT molecular complexity index is 992. The lowest BCUT2D eigenvalue weighted by Crippen LogP contribution is -2.48. The zero-order valence-electron chi connectivity index (χ0n) is 17.0. The SMILES string of the molecule is COc1cccc2[nH]c(C(=O)N3CC(c4ccccc4)CC3(C)C(C)C)cc12. The van der Waals surface area contributed by atoms with E-state index < -0.39 is 0 Å². The van der Waals surface area contributed by atoms with Crippen molar-refractivity contribution in [3.63, 3.8) is 0 Å². The molecule has 2 unspecified atom stereocenters. The van der Waals surface area contributed by atoms with Crippen molar-refractivity contribution < 1.29 is 9.53 Å². The maximum atomic E-state index is 13.6. The minimum Gasteiger partial charge on any atom is -0.496 e. The Labute approximate surface area is 166 Å². The number of hydrogen-bond acceptors (Lipinski definition) is 2. The monoisotopic (exact) mass is 376 g/mol. The maximum absolute atomic E-state index is 13.6. The van der Waals surface area contributed by atoms with Crippen LogP contribution in [0.1, 0.15) is 49.2 Å². The van der Waals surface area contributed by atoms with Gasteiger partial charge in [-0.2, -0.15) is 0 Å². The Morgan fingerprint density at radius 1 is 1.18 bits per heavy atom. The highest BCUT2D eigenvalue weighted by atomic mass is 16.5.